The highest BCUT2D eigenvalue weighted by Crippen LogP contribution is 2.37. The number of imide groups is 1. The van der Waals surface area contributed by atoms with Crippen LogP contribution in [0.4, 0.5) is 5.69 Å². The van der Waals surface area contributed by atoms with Crippen molar-refractivity contribution in [3.63, 3.8) is 0 Å². The first-order chi connectivity index (χ1) is 13.0. The second-order valence-corrected chi connectivity index (χ2v) is 8.33. The van der Waals surface area contributed by atoms with Crippen LogP contribution in [0.2, 0.25) is 0 Å². The number of carbonyl (C=O) groups excluding carboxylic acids is 3. The van der Waals surface area contributed by atoms with Gasteiger partial charge < -0.3 is 15.1 Å². The zero-order valence-electron chi connectivity index (χ0n) is 15.3. The minimum absolute atomic E-state index is 0.0991. The third-order valence-electron chi connectivity index (χ3n) is 6.70. The van der Waals surface area contributed by atoms with Crippen LogP contribution in [0.3, 0.4) is 0 Å². The Balaban J connectivity index is 1.32. The number of rotatable bonds is 2. The Morgan fingerprint density at radius 1 is 1.07 bits per heavy atom. The largest absolute Gasteiger partial charge is 0.371 e. The third kappa shape index (κ3) is 2.72. The van der Waals surface area contributed by atoms with Gasteiger partial charge in [0, 0.05) is 50.4 Å². The summed E-state index contributed by atoms with van der Waals surface area (Å²) in [5, 5.41) is 5.74. The molecule has 7 heteroatoms. The topological polar surface area (TPSA) is 81.8 Å². The zero-order chi connectivity index (χ0) is 18.6. The van der Waals surface area contributed by atoms with Gasteiger partial charge >= 0.3 is 0 Å². The van der Waals surface area contributed by atoms with E-state index >= 15 is 0 Å². The average Bonchev–Trinajstić information content (AvgIpc) is 2.97. The Morgan fingerprint density at radius 2 is 1.85 bits per heavy atom. The summed E-state index contributed by atoms with van der Waals surface area (Å²) in [6.07, 6.45) is 3.06. The van der Waals surface area contributed by atoms with Gasteiger partial charge in [0.2, 0.25) is 11.8 Å². The molecule has 1 aromatic carbocycles. The van der Waals surface area contributed by atoms with Crippen LogP contribution in [-0.2, 0) is 16.1 Å². The molecule has 0 aliphatic carbocycles. The van der Waals surface area contributed by atoms with Crippen LogP contribution in [0.15, 0.2) is 18.2 Å². The Morgan fingerprint density at radius 3 is 2.52 bits per heavy atom. The number of nitrogens with one attached hydrogen (secondary N) is 2. The molecule has 0 aromatic heterocycles. The first kappa shape index (κ1) is 16.7. The van der Waals surface area contributed by atoms with Gasteiger partial charge in [-0.1, -0.05) is 6.07 Å². The van der Waals surface area contributed by atoms with E-state index in [1.165, 1.54) is 12.8 Å². The van der Waals surface area contributed by atoms with Gasteiger partial charge in [-0.15, -0.1) is 0 Å². The van der Waals surface area contributed by atoms with Crippen LogP contribution >= 0.6 is 0 Å². The number of benzene rings is 1. The van der Waals surface area contributed by atoms with Crippen LogP contribution in [0, 0.1) is 5.41 Å². The molecular formula is C20H24N4O3. The number of hydrogen-bond donors (Lipinski definition) is 2. The van der Waals surface area contributed by atoms with E-state index in [9.17, 15) is 14.4 Å². The fraction of sp³-hybridized carbons (Fsp3) is 0.550. The molecule has 0 radical (unpaired) electrons. The summed E-state index contributed by atoms with van der Waals surface area (Å²) in [7, 11) is 0. The standard InChI is InChI=1S/C20H24N4O3/c25-17-4-3-16(18(26)22-17)24-10-13-1-2-14(9-15(13)19(24)27)23-7-5-20(6-8-23)11-21-12-20/h1-2,9,16,21H,3-8,10-12H2,(H,22,25,26). The lowest BCUT2D eigenvalue weighted by Crippen LogP contribution is -2.58. The minimum atomic E-state index is -0.549. The summed E-state index contributed by atoms with van der Waals surface area (Å²) >= 11 is 0. The van der Waals surface area contributed by atoms with Crippen LogP contribution in [-0.4, -0.2) is 54.8 Å². The van der Waals surface area contributed by atoms with Crippen LogP contribution < -0.4 is 15.5 Å². The monoisotopic (exact) mass is 368 g/mol. The maximum Gasteiger partial charge on any atom is 0.255 e. The molecule has 3 amide bonds. The van der Waals surface area contributed by atoms with Crippen molar-refractivity contribution >= 4 is 23.4 Å². The van der Waals surface area contributed by atoms with E-state index in [0.29, 0.717) is 23.9 Å². The van der Waals surface area contributed by atoms with Crippen LogP contribution in [0.25, 0.3) is 0 Å². The second-order valence-electron chi connectivity index (χ2n) is 8.33. The van der Waals surface area contributed by atoms with Gasteiger partial charge in [0.25, 0.3) is 5.91 Å². The summed E-state index contributed by atoms with van der Waals surface area (Å²) in [6.45, 7) is 4.74. The molecule has 1 spiro atoms. The molecule has 3 fully saturated rings. The molecule has 7 nitrogen and oxygen atoms in total. The van der Waals surface area contributed by atoms with Crippen molar-refractivity contribution in [1.29, 1.82) is 0 Å². The SMILES string of the molecule is O=C1CCC(N2Cc3ccc(N4CCC5(CC4)CNC5)cc3C2=O)C(=O)N1. The lowest BCUT2D eigenvalue weighted by atomic mass is 9.73. The normalized spacial score (nSPS) is 26.8. The molecule has 3 saturated heterocycles. The molecule has 4 heterocycles. The van der Waals surface area contributed by atoms with Gasteiger partial charge in [0.1, 0.15) is 6.04 Å². The summed E-state index contributed by atoms with van der Waals surface area (Å²) < 4.78 is 0. The third-order valence-corrected chi connectivity index (χ3v) is 6.70. The number of amides is 3. The molecule has 1 aromatic rings. The summed E-state index contributed by atoms with van der Waals surface area (Å²) in [6, 6.07) is 5.55. The summed E-state index contributed by atoms with van der Waals surface area (Å²) in [4.78, 5) is 40.5. The molecule has 0 saturated carbocycles. The molecule has 5 rings (SSSR count). The Kier molecular flexibility index (Phi) is 3.75. The number of fused-ring (bicyclic) bond motifs is 1. The number of nitrogens with zero attached hydrogens (tertiary/aromatic N) is 2. The van der Waals surface area contributed by atoms with E-state index in [1.807, 2.05) is 12.1 Å². The average molecular weight is 368 g/mol. The highest BCUT2D eigenvalue weighted by atomic mass is 16.2. The highest BCUT2D eigenvalue weighted by molar-refractivity contribution is 6.05. The van der Waals surface area contributed by atoms with E-state index in [2.05, 4.69) is 21.6 Å². The molecule has 1 unspecified atom stereocenters. The zero-order valence-corrected chi connectivity index (χ0v) is 15.3. The van der Waals surface area contributed by atoms with E-state index < -0.39 is 6.04 Å². The molecule has 27 heavy (non-hydrogen) atoms. The van der Waals surface area contributed by atoms with Gasteiger partial charge in [-0.05, 0) is 42.4 Å². The molecule has 4 aliphatic heterocycles. The summed E-state index contributed by atoms with van der Waals surface area (Å²) in [5.41, 5.74) is 3.24. The van der Waals surface area contributed by atoms with Crippen molar-refractivity contribution in [1.82, 2.24) is 15.5 Å². The molecule has 2 N–H and O–H groups in total. The maximum absolute atomic E-state index is 13.0. The number of piperidine rings is 2. The highest BCUT2D eigenvalue weighted by Gasteiger charge is 2.41. The smallest absolute Gasteiger partial charge is 0.255 e. The molecule has 142 valence electrons. The van der Waals surface area contributed by atoms with Crippen LogP contribution in [0.1, 0.15) is 41.6 Å². The second kappa shape index (κ2) is 6.05. The van der Waals surface area contributed by atoms with Crippen molar-refractivity contribution in [3.8, 4) is 0 Å². The molecule has 1 atom stereocenters. The minimum Gasteiger partial charge on any atom is -0.371 e. The van der Waals surface area contributed by atoms with Crippen molar-refractivity contribution in [2.24, 2.45) is 5.41 Å². The lowest BCUT2D eigenvalue weighted by Gasteiger charge is -2.49. The number of anilines is 1. The van der Waals surface area contributed by atoms with Crippen molar-refractivity contribution in [2.45, 2.75) is 38.3 Å². The molecule has 0 bridgehead atoms. The van der Waals surface area contributed by atoms with Crippen molar-refractivity contribution < 1.29 is 14.4 Å². The van der Waals surface area contributed by atoms with E-state index in [1.54, 1.807) is 4.90 Å². The molecule has 4 aliphatic rings. The van der Waals surface area contributed by atoms with Crippen molar-refractivity contribution in [2.75, 3.05) is 31.1 Å². The quantitative estimate of drug-likeness (QED) is 0.749. The van der Waals surface area contributed by atoms with E-state index in [4.69, 9.17) is 0 Å². The van der Waals surface area contributed by atoms with Gasteiger partial charge in [-0.2, -0.15) is 0 Å². The predicted molar refractivity (Wildman–Crippen MR) is 99.2 cm³/mol. The Hall–Kier alpha value is -2.41. The number of carbonyl (C=O) groups is 3. The first-order valence-corrected chi connectivity index (χ1v) is 9.78. The van der Waals surface area contributed by atoms with Gasteiger partial charge in [0.05, 0.1) is 0 Å². The lowest BCUT2D eigenvalue weighted by molar-refractivity contribution is -0.136. The number of hydrogen-bond acceptors (Lipinski definition) is 5. The van der Waals surface area contributed by atoms with Crippen LogP contribution in [0.5, 0.6) is 0 Å². The first-order valence-electron chi connectivity index (χ1n) is 9.78. The van der Waals surface area contributed by atoms with E-state index in [-0.39, 0.29) is 24.1 Å². The molecular weight excluding hydrogens is 344 g/mol. The van der Waals surface area contributed by atoms with Gasteiger partial charge in [-0.3, -0.25) is 19.7 Å². The maximum atomic E-state index is 13.0. The van der Waals surface area contributed by atoms with Gasteiger partial charge in [-0.25, -0.2) is 0 Å². The van der Waals surface area contributed by atoms with E-state index in [0.717, 1.165) is 37.4 Å². The predicted octanol–water partition coefficient (Wildman–Crippen LogP) is 0.637. The van der Waals surface area contributed by atoms with Gasteiger partial charge in [0.15, 0.2) is 0 Å². The summed E-state index contributed by atoms with van der Waals surface area (Å²) in [5.74, 6) is -0.715. The van der Waals surface area contributed by atoms with Crippen molar-refractivity contribution in [3.05, 3.63) is 29.3 Å². The Labute approximate surface area is 158 Å². The fourth-order valence-electron chi connectivity index (χ4n) is 4.81. The Bertz CT molecular complexity index is 823. The fourth-order valence-corrected chi connectivity index (χ4v) is 4.81.